The summed E-state index contributed by atoms with van der Waals surface area (Å²) < 4.78 is 0. The maximum absolute atomic E-state index is 6.03. The lowest BCUT2D eigenvalue weighted by molar-refractivity contribution is 0.658. The van der Waals surface area contributed by atoms with Gasteiger partial charge in [0.25, 0.3) is 0 Å². The van der Waals surface area contributed by atoms with Crippen LogP contribution in [0.4, 0.5) is 0 Å². The summed E-state index contributed by atoms with van der Waals surface area (Å²) in [5.41, 5.74) is 8.09. The molecule has 0 aliphatic heterocycles. The Kier molecular flexibility index (Phi) is 3.26. The van der Waals surface area contributed by atoms with Gasteiger partial charge in [-0.05, 0) is 38.7 Å². The highest BCUT2D eigenvalue weighted by molar-refractivity contribution is 7.99. The second-order valence-corrected chi connectivity index (χ2v) is 5.23. The van der Waals surface area contributed by atoms with Gasteiger partial charge in [0, 0.05) is 23.2 Å². The van der Waals surface area contributed by atoms with E-state index >= 15 is 0 Å². The Morgan fingerprint density at radius 1 is 1.40 bits per heavy atom. The van der Waals surface area contributed by atoms with Crippen LogP contribution in [0.2, 0.25) is 0 Å². The van der Waals surface area contributed by atoms with E-state index in [-0.39, 0.29) is 0 Å². The number of aryl methyl sites for hydroxylation is 2. The summed E-state index contributed by atoms with van der Waals surface area (Å²) in [5.74, 6) is 1.69. The van der Waals surface area contributed by atoms with Crippen molar-refractivity contribution >= 4 is 11.8 Å². The van der Waals surface area contributed by atoms with Gasteiger partial charge in [-0.1, -0.05) is 11.8 Å². The molecule has 1 fully saturated rings. The zero-order valence-corrected chi connectivity index (χ0v) is 10.0. The van der Waals surface area contributed by atoms with Crippen LogP contribution in [-0.2, 0) is 0 Å². The normalized spacial score (nSPS) is 17.8. The minimum Gasteiger partial charge on any atom is -0.327 e. The zero-order chi connectivity index (χ0) is 10.8. The largest absolute Gasteiger partial charge is 0.327 e. The van der Waals surface area contributed by atoms with Crippen molar-refractivity contribution in [3.8, 4) is 0 Å². The molecule has 1 aromatic rings. The Morgan fingerprint density at radius 3 is 2.53 bits per heavy atom. The van der Waals surface area contributed by atoms with Crippen LogP contribution in [-0.4, -0.2) is 21.8 Å². The maximum Gasteiger partial charge on any atom is 0.188 e. The summed E-state index contributed by atoms with van der Waals surface area (Å²) in [6, 6.07) is 2.31. The van der Waals surface area contributed by atoms with Crippen molar-refractivity contribution in [2.45, 2.75) is 37.9 Å². The molecular formula is C11H17N3S. The Morgan fingerprint density at radius 2 is 2.00 bits per heavy atom. The molecule has 1 atom stereocenters. The minimum absolute atomic E-state index is 0.319. The predicted molar refractivity (Wildman–Crippen MR) is 62.9 cm³/mol. The van der Waals surface area contributed by atoms with E-state index in [0.29, 0.717) is 6.04 Å². The second-order valence-electron chi connectivity index (χ2n) is 4.25. The Bertz CT molecular complexity index is 329. The molecule has 0 spiro atoms. The summed E-state index contributed by atoms with van der Waals surface area (Å²) in [4.78, 5) is 8.76. The van der Waals surface area contributed by atoms with Crippen molar-refractivity contribution in [3.05, 3.63) is 17.5 Å². The molecule has 0 saturated heterocycles. The summed E-state index contributed by atoms with van der Waals surface area (Å²) in [7, 11) is 0. The average Bonchev–Trinajstić information content (AvgIpc) is 2.95. The van der Waals surface area contributed by atoms with Crippen LogP contribution in [0, 0.1) is 19.8 Å². The minimum atomic E-state index is 0.319. The number of aromatic nitrogens is 2. The highest BCUT2D eigenvalue weighted by atomic mass is 32.2. The standard InChI is InChI=1S/C11H17N3S/c1-7-5-8(2)14-11(13-7)15-6-10(12)9-3-4-9/h5,9-10H,3-4,6,12H2,1-2H3. The fourth-order valence-electron chi connectivity index (χ4n) is 1.59. The SMILES string of the molecule is Cc1cc(C)nc(SCC(N)C2CC2)n1. The van der Waals surface area contributed by atoms with Gasteiger partial charge in [-0.2, -0.15) is 0 Å². The molecule has 3 nitrogen and oxygen atoms in total. The Hall–Kier alpha value is -0.610. The molecule has 0 aromatic carbocycles. The Labute approximate surface area is 94.9 Å². The number of rotatable bonds is 4. The van der Waals surface area contributed by atoms with Gasteiger partial charge in [0.15, 0.2) is 5.16 Å². The van der Waals surface area contributed by atoms with E-state index in [9.17, 15) is 0 Å². The molecule has 82 valence electrons. The van der Waals surface area contributed by atoms with Gasteiger partial charge in [0.1, 0.15) is 0 Å². The molecule has 1 aromatic heterocycles. The maximum atomic E-state index is 6.03. The van der Waals surface area contributed by atoms with Crippen molar-refractivity contribution in [2.24, 2.45) is 11.7 Å². The molecule has 1 heterocycles. The molecule has 1 aliphatic carbocycles. The smallest absolute Gasteiger partial charge is 0.188 e. The summed E-state index contributed by atoms with van der Waals surface area (Å²) in [6.45, 7) is 4.00. The molecule has 0 radical (unpaired) electrons. The van der Waals surface area contributed by atoms with Crippen molar-refractivity contribution in [3.63, 3.8) is 0 Å². The molecule has 2 rings (SSSR count). The molecule has 0 amide bonds. The zero-order valence-electron chi connectivity index (χ0n) is 9.23. The van der Waals surface area contributed by atoms with E-state index in [1.54, 1.807) is 11.8 Å². The topological polar surface area (TPSA) is 51.8 Å². The Balaban J connectivity index is 1.91. The monoisotopic (exact) mass is 223 g/mol. The van der Waals surface area contributed by atoms with Gasteiger partial charge in [0.2, 0.25) is 0 Å². The first-order chi connectivity index (χ1) is 7.15. The third-order valence-corrected chi connectivity index (χ3v) is 3.59. The van der Waals surface area contributed by atoms with Crippen LogP contribution in [0.1, 0.15) is 24.2 Å². The van der Waals surface area contributed by atoms with Crippen LogP contribution in [0.5, 0.6) is 0 Å². The summed E-state index contributed by atoms with van der Waals surface area (Å²) in [6.07, 6.45) is 2.60. The summed E-state index contributed by atoms with van der Waals surface area (Å²) >= 11 is 1.68. The lowest BCUT2D eigenvalue weighted by Gasteiger charge is -2.08. The first-order valence-electron chi connectivity index (χ1n) is 5.36. The lowest BCUT2D eigenvalue weighted by atomic mass is 10.2. The predicted octanol–water partition coefficient (Wildman–Crippen LogP) is 1.92. The van der Waals surface area contributed by atoms with E-state index in [2.05, 4.69) is 9.97 Å². The molecule has 1 saturated carbocycles. The van der Waals surface area contributed by atoms with Crippen LogP contribution in [0.15, 0.2) is 11.2 Å². The van der Waals surface area contributed by atoms with E-state index in [1.165, 1.54) is 12.8 Å². The van der Waals surface area contributed by atoms with Crippen molar-refractivity contribution in [1.82, 2.24) is 9.97 Å². The van der Waals surface area contributed by atoms with E-state index < -0.39 is 0 Å². The van der Waals surface area contributed by atoms with Gasteiger partial charge >= 0.3 is 0 Å². The van der Waals surface area contributed by atoms with Crippen LogP contribution < -0.4 is 5.73 Å². The fraction of sp³-hybridized carbons (Fsp3) is 0.636. The molecule has 2 N–H and O–H groups in total. The molecule has 1 aliphatic rings. The van der Waals surface area contributed by atoms with Crippen LogP contribution in [0.3, 0.4) is 0 Å². The van der Waals surface area contributed by atoms with Crippen molar-refractivity contribution in [1.29, 1.82) is 0 Å². The van der Waals surface area contributed by atoms with Crippen LogP contribution in [0.25, 0.3) is 0 Å². The highest BCUT2D eigenvalue weighted by Gasteiger charge is 2.28. The lowest BCUT2D eigenvalue weighted by Crippen LogP contribution is -2.25. The molecular weight excluding hydrogens is 206 g/mol. The van der Waals surface area contributed by atoms with E-state index in [4.69, 9.17) is 5.73 Å². The van der Waals surface area contributed by atoms with Gasteiger partial charge in [-0.15, -0.1) is 0 Å². The third kappa shape index (κ3) is 3.18. The molecule has 1 unspecified atom stereocenters. The number of nitrogens with zero attached hydrogens (tertiary/aromatic N) is 2. The number of hydrogen-bond donors (Lipinski definition) is 1. The van der Waals surface area contributed by atoms with Gasteiger partial charge in [0.05, 0.1) is 0 Å². The molecule has 0 bridgehead atoms. The summed E-state index contributed by atoms with van der Waals surface area (Å²) in [5, 5.41) is 0.864. The molecule has 15 heavy (non-hydrogen) atoms. The van der Waals surface area contributed by atoms with Crippen LogP contribution >= 0.6 is 11.8 Å². The second kappa shape index (κ2) is 4.49. The number of thioether (sulfide) groups is 1. The van der Waals surface area contributed by atoms with Crippen molar-refractivity contribution in [2.75, 3.05) is 5.75 Å². The first-order valence-corrected chi connectivity index (χ1v) is 6.34. The molecule has 4 heteroatoms. The fourth-order valence-corrected chi connectivity index (χ4v) is 2.62. The number of nitrogens with two attached hydrogens (primary N) is 1. The average molecular weight is 223 g/mol. The highest BCUT2D eigenvalue weighted by Crippen LogP contribution is 2.33. The van der Waals surface area contributed by atoms with Gasteiger partial charge in [-0.25, -0.2) is 9.97 Å². The van der Waals surface area contributed by atoms with E-state index in [1.807, 2.05) is 19.9 Å². The quantitative estimate of drug-likeness (QED) is 0.626. The van der Waals surface area contributed by atoms with Gasteiger partial charge < -0.3 is 5.73 Å². The first kappa shape index (κ1) is 10.9. The number of hydrogen-bond acceptors (Lipinski definition) is 4. The third-order valence-electron chi connectivity index (χ3n) is 2.59. The van der Waals surface area contributed by atoms with Gasteiger partial charge in [-0.3, -0.25) is 0 Å². The van der Waals surface area contributed by atoms with E-state index in [0.717, 1.165) is 28.2 Å². The van der Waals surface area contributed by atoms with Crippen molar-refractivity contribution < 1.29 is 0 Å².